The van der Waals surface area contributed by atoms with Gasteiger partial charge in [-0.05, 0) is 37.8 Å². The average molecular weight is 277 g/mol. The standard InChI is InChI=1S/C14H19N3OS/c1-10-12(9-17-6-2-4-11(15)8-17)16-14(18-10)13-5-3-7-19-13/h3,5,7,11H,2,4,6,8-9,15H2,1H3. The highest BCUT2D eigenvalue weighted by Gasteiger charge is 2.20. The zero-order valence-electron chi connectivity index (χ0n) is 11.1. The van der Waals surface area contributed by atoms with E-state index in [1.165, 1.54) is 6.42 Å². The van der Waals surface area contributed by atoms with Gasteiger partial charge in [-0.25, -0.2) is 4.98 Å². The highest BCUT2D eigenvalue weighted by Crippen LogP contribution is 2.26. The van der Waals surface area contributed by atoms with Crippen molar-refractivity contribution in [3.63, 3.8) is 0 Å². The van der Waals surface area contributed by atoms with Gasteiger partial charge in [0, 0.05) is 19.1 Å². The van der Waals surface area contributed by atoms with E-state index in [1.807, 2.05) is 24.4 Å². The number of hydrogen-bond donors (Lipinski definition) is 1. The molecule has 4 nitrogen and oxygen atoms in total. The van der Waals surface area contributed by atoms with Gasteiger partial charge in [0.1, 0.15) is 5.76 Å². The molecule has 19 heavy (non-hydrogen) atoms. The predicted octanol–water partition coefficient (Wildman–Crippen LogP) is 2.63. The van der Waals surface area contributed by atoms with Gasteiger partial charge in [-0.2, -0.15) is 0 Å². The molecule has 2 aromatic rings. The monoisotopic (exact) mass is 277 g/mol. The number of hydrogen-bond acceptors (Lipinski definition) is 5. The number of nitrogens with two attached hydrogens (primary N) is 1. The van der Waals surface area contributed by atoms with Crippen LogP contribution in [0.1, 0.15) is 24.3 Å². The number of oxazole rings is 1. The molecular weight excluding hydrogens is 258 g/mol. The third-order valence-electron chi connectivity index (χ3n) is 3.54. The molecule has 0 aliphatic carbocycles. The van der Waals surface area contributed by atoms with E-state index in [2.05, 4.69) is 9.88 Å². The van der Waals surface area contributed by atoms with Crippen molar-refractivity contribution in [2.75, 3.05) is 13.1 Å². The van der Waals surface area contributed by atoms with Crippen LogP contribution in [0, 0.1) is 6.92 Å². The van der Waals surface area contributed by atoms with E-state index >= 15 is 0 Å². The van der Waals surface area contributed by atoms with Crippen LogP contribution < -0.4 is 5.73 Å². The van der Waals surface area contributed by atoms with Gasteiger partial charge in [0.2, 0.25) is 5.89 Å². The van der Waals surface area contributed by atoms with Crippen LogP contribution >= 0.6 is 11.3 Å². The van der Waals surface area contributed by atoms with Crippen LogP contribution in [0.15, 0.2) is 21.9 Å². The number of likely N-dealkylation sites (tertiary alicyclic amines) is 1. The average Bonchev–Trinajstić information content (AvgIpc) is 3.00. The van der Waals surface area contributed by atoms with Gasteiger partial charge >= 0.3 is 0 Å². The molecule has 1 fully saturated rings. The predicted molar refractivity (Wildman–Crippen MR) is 77.0 cm³/mol. The lowest BCUT2D eigenvalue weighted by Crippen LogP contribution is -2.42. The summed E-state index contributed by atoms with van der Waals surface area (Å²) in [7, 11) is 0. The van der Waals surface area contributed by atoms with Crippen molar-refractivity contribution in [3.8, 4) is 10.8 Å². The van der Waals surface area contributed by atoms with Crippen LogP contribution in [0.25, 0.3) is 10.8 Å². The van der Waals surface area contributed by atoms with E-state index in [0.29, 0.717) is 6.04 Å². The van der Waals surface area contributed by atoms with Crippen LogP contribution in [0.3, 0.4) is 0 Å². The second kappa shape index (κ2) is 5.45. The van der Waals surface area contributed by atoms with E-state index in [4.69, 9.17) is 10.2 Å². The topological polar surface area (TPSA) is 55.3 Å². The molecule has 0 saturated carbocycles. The highest BCUT2D eigenvalue weighted by molar-refractivity contribution is 7.13. The number of aromatic nitrogens is 1. The number of piperidine rings is 1. The molecule has 0 spiro atoms. The van der Waals surface area contributed by atoms with E-state index in [-0.39, 0.29) is 0 Å². The fourth-order valence-electron chi connectivity index (χ4n) is 2.53. The summed E-state index contributed by atoms with van der Waals surface area (Å²) in [6.07, 6.45) is 2.31. The molecule has 1 saturated heterocycles. The minimum Gasteiger partial charge on any atom is -0.440 e. The summed E-state index contributed by atoms with van der Waals surface area (Å²) in [6, 6.07) is 4.36. The van der Waals surface area contributed by atoms with E-state index in [0.717, 1.165) is 48.3 Å². The Morgan fingerprint density at radius 2 is 2.47 bits per heavy atom. The Hall–Kier alpha value is -1.17. The lowest BCUT2D eigenvalue weighted by molar-refractivity contribution is 0.199. The first-order valence-corrected chi connectivity index (χ1v) is 7.58. The summed E-state index contributed by atoms with van der Waals surface area (Å²) >= 11 is 1.65. The van der Waals surface area contributed by atoms with Crippen LogP contribution in [0.2, 0.25) is 0 Å². The molecule has 3 heterocycles. The van der Waals surface area contributed by atoms with Crippen molar-refractivity contribution in [1.82, 2.24) is 9.88 Å². The third-order valence-corrected chi connectivity index (χ3v) is 4.40. The minimum atomic E-state index is 0.303. The minimum absolute atomic E-state index is 0.303. The molecule has 0 radical (unpaired) electrons. The summed E-state index contributed by atoms with van der Waals surface area (Å²) < 4.78 is 5.77. The van der Waals surface area contributed by atoms with Crippen LogP contribution in [0.5, 0.6) is 0 Å². The lowest BCUT2D eigenvalue weighted by atomic mass is 10.1. The van der Waals surface area contributed by atoms with Gasteiger partial charge in [0.15, 0.2) is 0 Å². The Bertz CT molecular complexity index is 535. The fourth-order valence-corrected chi connectivity index (χ4v) is 3.18. The maximum atomic E-state index is 6.02. The van der Waals surface area contributed by atoms with E-state index < -0.39 is 0 Å². The maximum Gasteiger partial charge on any atom is 0.236 e. The fraction of sp³-hybridized carbons (Fsp3) is 0.500. The summed E-state index contributed by atoms with van der Waals surface area (Å²) in [6.45, 7) is 4.90. The molecular formula is C14H19N3OS. The normalized spacial score (nSPS) is 20.8. The molecule has 2 N–H and O–H groups in total. The first-order chi connectivity index (χ1) is 9.22. The van der Waals surface area contributed by atoms with E-state index in [9.17, 15) is 0 Å². The van der Waals surface area contributed by atoms with Crippen LogP contribution in [-0.2, 0) is 6.54 Å². The molecule has 1 aliphatic rings. The summed E-state index contributed by atoms with van der Waals surface area (Å²) in [5, 5.41) is 2.04. The van der Waals surface area contributed by atoms with Gasteiger partial charge in [-0.1, -0.05) is 6.07 Å². The SMILES string of the molecule is Cc1oc(-c2cccs2)nc1CN1CCCC(N)C1. The largest absolute Gasteiger partial charge is 0.440 e. The second-order valence-electron chi connectivity index (χ2n) is 5.14. The zero-order valence-corrected chi connectivity index (χ0v) is 11.9. The smallest absolute Gasteiger partial charge is 0.236 e. The number of thiophene rings is 1. The Balaban J connectivity index is 1.74. The molecule has 3 rings (SSSR count). The molecule has 2 aromatic heterocycles. The Kier molecular flexibility index (Phi) is 3.68. The van der Waals surface area contributed by atoms with Crippen molar-refractivity contribution in [2.24, 2.45) is 5.73 Å². The van der Waals surface area contributed by atoms with Crippen molar-refractivity contribution in [2.45, 2.75) is 32.4 Å². The molecule has 0 bridgehead atoms. The van der Waals surface area contributed by atoms with Crippen molar-refractivity contribution in [1.29, 1.82) is 0 Å². The third kappa shape index (κ3) is 2.88. The number of aryl methyl sites for hydroxylation is 1. The number of nitrogens with zero attached hydrogens (tertiary/aromatic N) is 2. The second-order valence-corrected chi connectivity index (χ2v) is 6.08. The summed E-state index contributed by atoms with van der Waals surface area (Å²) in [5.74, 6) is 1.66. The van der Waals surface area contributed by atoms with Gasteiger partial charge in [0.25, 0.3) is 0 Å². The molecule has 1 atom stereocenters. The van der Waals surface area contributed by atoms with Gasteiger partial charge in [-0.15, -0.1) is 11.3 Å². The van der Waals surface area contributed by atoms with Crippen LogP contribution in [-0.4, -0.2) is 29.0 Å². The van der Waals surface area contributed by atoms with Crippen molar-refractivity contribution in [3.05, 3.63) is 29.0 Å². The Morgan fingerprint density at radius 1 is 1.58 bits per heavy atom. The van der Waals surface area contributed by atoms with Crippen molar-refractivity contribution >= 4 is 11.3 Å². The zero-order chi connectivity index (χ0) is 13.2. The quantitative estimate of drug-likeness (QED) is 0.937. The Labute approximate surface area is 117 Å². The van der Waals surface area contributed by atoms with Gasteiger partial charge in [0.05, 0.1) is 10.6 Å². The van der Waals surface area contributed by atoms with E-state index in [1.54, 1.807) is 11.3 Å². The molecule has 5 heteroatoms. The Morgan fingerprint density at radius 3 is 3.21 bits per heavy atom. The van der Waals surface area contributed by atoms with Crippen LogP contribution in [0.4, 0.5) is 0 Å². The summed E-state index contributed by atoms with van der Waals surface area (Å²) in [4.78, 5) is 8.09. The molecule has 1 aliphatic heterocycles. The van der Waals surface area contributed by atoms with Gasteiger partial charge in [-0.3, -0.25) is 4.90 Å². The summed E-state index contributed by atoms with van der Waals surface area (Å²) in [5.41, 5.74) is 7.05. The first-order valence-electron chi connectivity index (χ1n) is 6.70. The highest BCUT2D eigenvalue weighted by atomic mass is 32.1. The molecule has 102 valence electrons. The number of rotatable bonds is 3. The van der Waals surface area contributed by atoms with Crippen molar-refractivity contribution < 1.29 is 4.42 Å². The molecule has 0 aromatic carbocycles. The van der Waals surface area contributed by atoms with Gasteiger partial charge < -0.3 is 10.2 Å². The first kappa shape index (κ1) is 12.8. The molecule has 1 unspecified atom stereocenters. The lowest BCUT2D eigenvalue weighted by Gasteiger charge is -2.29. The molecule has 0 amide bonds. The maximum absolute atomic E-state index is 6.02.